The summed E-state index contributed by atoms with van der Waals surface area (Å²) in [5.74, 6) is 0.0982. The maximum atomic E-state index is 13.4. The van der Waals surface area contributed by atoms with Crippen LogP contribution in [0.4, 0.5) is 20.0 Å². The van der Waals surface area contributed by atoms with Gasteiger partial charge in [-0.05, 0) is 18.1 Å². The topological polar surface area (TPSA) is 85.4 Å². The molecule has 2 aromatic rings. The quantitative estimate of drug-likeness (QED) is 0.842. The molecule has 7 nitrogen and oxygen atoms in total. The third-order valence-electron chi connectivity index (χ3n) is 2.57. The van der Waals surface area contributed by atoms with Crippen LogP contribution in [0.3, 0.4) is 0 Å². The lowest BCUT2D eigenvalue weighted by Gasteiger charge is -2.14. The van der Waals surface area contributed by atoms with Crippen LogP contribution in [0, 0.1) is 11.7 Å². The molecule has 0 atom stereocenters. The molecule has 2 rings (SSSR count). The Balaban J connectivity index is 2.04. The van der Waals surface area contributed by atoms with E-state index < -0.39 is 11.8 Å². The first-order valence-corrected chi connectivity index (χ1v) is 7.63. The van der Waals surface area contributed by atoms with Crippen LogP contribution in [-0.4, -0.2) is 29.1 Å². The Morgan fingerprint density at radius 1 is 1.39 bits per heavy atom. The predicted octanol–water partition coefficient (Wildman–Crippen LogP) is 3.36. The number of carbonyl (C=O) groups is 1. The fourth-order valence-corrected chi connectivity index (χ4v) is 2.11. The van der Waals surface area contributed by atoms with Crippen LogP contribution in [0.2, 0.25) is 0 Å². The Bertz CT molecular complexity index is 678. The number of carbonyl (C=O) groups excluding carboxylic acids is 1. The molecule has 9 heteroatoms. The standard InChI is InChI=1S/C14H17FN4O3S/c1-8(2)7-22-11-6-9(15)4-5-10(11)16-12(20)17-14-18-13(21-3)19-23-14/h4-6,8H,7H2,1-3H3,(H2,16,17,18,19,20). The SMILES string of the molecule is COc1nsc(NC(=O)Nc2ccc(F)cc2OCC(C)C)n1. The average Bonchev–Trinajstić information content (AvgIpc) is 2.94. The van der Waals surface area contributed by atoms with Crippen LogP contribution in [0.1, 0.15) is 13.8 Å². The summed E-state index contributed by atoms with van der Waals surface area (Å²) in [4.78, 5) is 15.9. The number of aromatic nitrogens is 2. The molecule has 1 aromatic carbocycles. The summed E-state index contributed by atoms with van der Waals surface area (Å²) in [7, 11) is 1.43. The van der Waals surface area contributed by atoms with Crippen molar-refractivity contribution in [1.29, 1.82) is 0 Å². The number of benzene rings is 1. The Labute approximate surface area is 137 Å². The molecule has 2 amide bonds. The number of hydrogen-bond donors (Lipinski definition) is 2. The molecule has 0 spiro atoms. The van der Waals surface area contributed by atoms with Crippen LogP contribution in [-0.2, 0) is 0 Å². The molecule has 1 aromatic heterocycles. The number of urea groups is 1. The van der Waals surface area contributed by atoms with E-state index in [1.165, 1.54) is 25.3 Å². The summed E-state index contributed by atoms with van der Waals surface area (Å²) in [6.07, 6.45) is 0. The van der Waals surface area contributed by atoms with Gasteiger partial charge in [0.25, 0.3) is 0 Å². The second-order valence-electron chi connectivity index (χ2n) is 5.01. The highest BCUT2D eigenvalue weighted by Gasteiger charge is 2.12. The zero-order chi connectivity index (χ0) is 16.8. The molecule has 0 aliphatic heterocycles. The third kappa shape index (κ3) is 5.06. The zero-order valence-corrected chi connectivity index (χ0v) is 13.7. The van der Waals surface area contributed by atoms with E-state index in [-0.39, 0.29) is 22.8 Å². The van der Waals surface area contributed by atoms with Gasteiger partial charge in [-0.1, -0.05) is 13.8 Å². The second kappa shape index (κ2) is 7.73. The van der Waals surface area contributed by atoms with Gasteiger partial charge < -0.3 is 14.8 Å². The van der Waals surface area contributed by atoms with Gasteiger partial charge in [0.1, 0.15) is 11.6 Å². The number of ether oxygens (including phenoxy) is 2. The van der Waals surface area contributed by atoms with Gasteiger partial charge in [-0.25, -0.2) is 9.18 Å². The Hall–Kier alpha value is -2.42. The minimum Gasteiger partial charge on any atom is -0.491 e. The second-order valence-corrected chi connectivity index (χ2v) is 5.76. The number of nitrogens with zero attached hydrogens (tertiary/aromatic N) is 2. The lowest BCUT2D eigenvalue weighted by molar-refractivity contribution is 0.260. The molecular formula is C14H17FN4O3S. The molecule has 23 heavy (non-hydrogen) atoms. The van der Waals surface area contributed by atoms with E-state index in [9.17, 15) is 9.18 Å². The molecule has 0 unspecified atom stereocenters. The molecule has 0 fully saturated rings. The van der Waals surface area contributed by atoms with E-state index in [4.69, 9.17) is 9.47 Å². The van der Waals surface area contributed by atoms with E-state index in [0.29, 0.717) is 12.3 Å². The molecule has 1 heterocycles. The normalized spacial score (nSPS) is 10.5. The summed E-state index contributed by atoms with van der Waals surface area (Å²) < 4.78 is 27.6. The van der Waals surface area contributed by atoms with Gasteiger partial charge in [0.15, 0.2) is 0 Å². The fraction of sp³-hybridized carbons (Fsp3) is 0.357. The number of rotatable bonds is 6. The van der Waals surface area contributed by atoms with Gasteiger partial charge in [0, 0.05) is 17.6 Å². The van der Waals surface area contributed by atoms with Gasteiger partial charge >= 0.3 is 12.0 Å². The van der Waals surface area contributed by atoms with Crippen molar-refractivity contribution in [3.63, 3.8) is 0 Å². The van der Waals surface area contributed by atoms with Crippen molar-refractivity contribution in [2.75, 3.05) is 24.4 Å². The monoisotopic (exact) mass is 340 g/mol. The van der Waals surface area contributed by atoms with Crippen molar-refractivity contribution in [3.05, 3.63) is 24.0 Å². The maximum absolute atomic E-state index is 13.4. The van der Waals surface area contributed by atoms with E-state index in [0.717, 1.165) is 11.5 Å². The van der Waals surface area contributed by atoms with E-state index in [2.05, 4.69) is 20.0 Å². The van der Waals surface area contributed by atoms with Crippen molar-refractivity contribution in [2.45, 2.75) is 13.8 Å². The van der Waals surface area contributed by atoms with Crippen molar-refractivity contribution in [2.24, 2.45) is 5.92 Å². The number of amides is 2. The number of nitrogens with one attached hydrogen (secondary N) is 2. The van der Waals surface area contributed by atoms with Crippen molar-refractivity contribution in [3.8, 4) is 11.8 Å². The first-order chi connectivity index (χ1) is 11.0. The summed E-state index contributed by atoms with van der Waals surface area (Å²) in [6.45, 7) is 4.36. The fourth-order valence-electron chi connectivity index (χ4n) is 1.57. The van der Waals surface area contributed by atoms with E-state index >= 15 is 0 Å². The Morgan fingerprint density at radius 2 is 2.17 bits per heavy atom. The first kappa shape index (κ1) is 16.9. The van der Waals surface area contributed by atoms with Crippen LogP contribution >= 0.6 is 11.5 Å². The molecule has 0 saturated heterocycles. The molecule has 0 bridgehead atoms. The van der Waals surface area contributed by atoms with Crippen LogP contribution in [0.25, 0.3) is 0 Å². The highest BCUT2D eigenvalue weighted by molar-refractivity contribution is 7.10. The van der Waals surface area contributed by atoms with Gasteiger partial charge in [-0.15, -0.1) is 4.37 Å². The van der Waals surface area contributed by atoms with Gasteiger partial charge in [0.05, 0.1) is 19.4 Å². The highest BCUT2D eigenvalue weighted by atomic mass is 32.1. The summed E-state index contributed by atoms with van der Waals surface area (Å²) >= 11 is 0.985. The van der Waals surface area contributed by atoms with Gasteiger partial charge in [0.2, 0.25) is 5.13 Å². The maximum Gasteiger partial charge on any atom is 0.329 e. The Kier molecular flexibility index (Phi) is 5.69. The van der Waals surface area contributed by atoms with Crippen LogP contribution in [0.15, 0.2) is 18.2 Å². The van der Waals surface area contributed by atoms with Crippen LogP contribution < -0.4 is 20.1 Å². The lowest BCUT2D eigenvalue weighted by atomic mass is 10.2. The molecular weight excluding hydrogens is 323 g/mol. The summed E-state index contributed by atoms with van der Waals surface area (Å²) in [6, 6.07) is 3.54. The largest absolute Gasteiger partial charge is 0.491 e. The number of anilines is 2. The predicted molar refractivity (Wildman–Crippen MR) is 85.8 cm³/mol. The molecule has 0 radical (unpaired) electrons. The molecule has 0 aliphatic rings. The molecule has 0 saturated carbocycles. The van der Waals surface area contributed by atoms with Crippen molar-refractivity contribution < 1.29 is 18.7 Å². The van der Waals surface area contributed by atoms with Crippen LogP contribution in [0.5, 0.6) is 11.8 Å². The zero-order valence-electron chi connectivity index (χ0n) is 12.9. The number of halogens is 1. The van der Waals surface area contributed by atoms with Crippen molar-refractivity contribution in [1.82, 2.24) is 9.36 Å². The lowest BCUT2D eigenvalue weighted by Crippen LogP contribution is -2.20. The average molecular weight is 340 g/mol. The minimum absolute atomic E-state index is 0.174. The first-order valence-electron chi connectivity index (χ1n) is 6.86. The number of methoxy groups -OCH3 is 1. The molecule has 2 N–H and O–H groups in total. The third-order valence-corrected chi connectivity index (χ3v) is 3.19. The highest BCUT2D eigenvalue weighted by Crippen LogP contribution is 2.26. The summed E-state index contributed by atoms with van der Waals surface area (Å²) in [5, 5.41) is 5.39. The van der Waals surface area contributed by atoms with Gasteiger partial charge in [-0.2, -0.15) is 4.98 Å². The molecule has 124 valence electrons. The molecule has 0 aliphatic carbocycles. The van der Waals surface area contributed by atoms with Gasteiger partial charge in [-0.3, -0.25) is 5.32 Å². The smallest absolute Gasteiger partial charge is 0.329 e. The van der Waals surface area contributed by atoms with E-state index in [1.807, 2.05) is 13.8 Å². The number of hydrogen-bond acceptors (Lipinski definition) is 6. The van der Waals surface area contributed by atoms with Crippen molar-refractivity contribution >= 4 is 28.4 Å². The van der Waals surface area contributed by atoms with E-state index in [1.54, 1.807) is 0 Å². The summed E-state index contributed by atoms with van der Waals surface area (Å²) in [5.41, 5.74) is 0.362. The minimum atomic E-state index is -0.537. The Morgan fingerprint density at radius 3 is 2.83 bits per heavy atom.